The molecule has 0 bridgehead atoms. The molecule has 0 saturated carbocycles. The van der Waals surface area contributed by atoms with Crippen LogP contribution in [0.3, 0.4) is 0 Å². The Bertz CT molecular complexity index is 1200. The van der Waals surface area contributed by atoms with Gasteiger partial charge < -0.3 is 14.5 Å². The Morgan fingerprint density at radius 1 is 0.914 bits per heavy atom. The highest BCUT2D eigenvalue weighted by atomic mass is 19.1. The van der Waals surface area contributed by atoms with Crippen molar-refractivity contribution in [1.29, 1.82) is 0 Å². The minimum atomic E-state index is -0.470. The van der Waals surface area contributed by atoms with Crippen molar-refractivity contribution in [2.24, 2.45) is 0 Å². The highest BCUT2D eigenvalue weighted by molar-refractivity contribution is 6.00. The molecule has 6 heteroatoms. The Labute approximate surface area is 205 Å². The molecule has 180 valence electrons. The van der Waals surface area contributed by atoms with Crippen LogP contribution in [0.1, 0.15) is 35.2 Å². The van der Waals surface area contributed by atoms with Crippen LogP contribution in [0.2, 0.25) is 0 Å². The molecule has 2 saturated heterocycles. The van der Waals surface area contributed by atoms with E-state index in [9.17, 15) is 14.0 Å². The van der Waals surface area contributed by atoms with E-state index in [4.69, 9.17) is 4.74 Å². The molecule has 0 aliphatic carbocycles. The van der Waals surface area contributed by atoms with Crippen molar-refractivity contribution in [2.75, 3.05) is 26.2 Å². The largest absolute Gasteiger partial charge is 0.363 e. The monoisotopic (exact) mass is 472 g/mol. The van der Waals surface area contributed by atoms with Crippen LogP contribution < -0.4 is 0 Å². The number of rotatable bonds is 4. The molecule has 2 amide bonds. The van der Waals surface area contributed by atoms with Crippen LogP contribution in [0.15, 0.2) is 78.9 Å². The van der Waals surface area contributed by atoms with Crippen LogP contribution in [0.4, 0.5) is 4.39 Å². The molecule has 0 radical (unpaired) electrons. The number of nitrogens with zero attached hydrogens (tertiary/aromatic N) is 2. The number of ether oxygens (including phenoxy) is 1. The highest BCUT2D eigenvalue weighted by Gasteiger charge is 2.41. The molecule has 0 N–H and O–H groups in total. The fraction of sp³-hybridized carbons (Fsp3) is 0.310. The summed E-state index contributed by atoms with van der Waals surface area (Å²) in [4.78, 5) is 29.9. The fourth-order valence-corrected chi connectivity index (χ4v) is 5.12. The van der Waals surface area contributed by atoms with Gasteiger partial charge in [-0.15, -0.1) is 0 Å². The number of likely N-dealkylation sites (tertiary alicyclic amines) is 1. The predicted octanol–water partition coefficient (Wildman–Crippen LogP) is 4.92. The maximum atomic E-state index is 13.6. The third kappa shape index (κ3) is 5.13. The molecule has 2 fully saturated rings. The van der Waals surface area contributed by atoms with E-state index in [-0.39, 0.29) is 24.2 Å². The Kier molecular flexibility index (Phi) is 6.64. The molecule has 2 aliphatic heterocycles. The van der Waals surface area contributed by atoms with Crippen molar-refractivity contribution in [3.05, 3.63) is 95.8 Å². The number of hydrogen-bond acceptors (Lipinski definition) is 3. The standard InChI is InChI=1S/C29H29FN2O3/c30-24-13-11-22(12-14-24)19-32-21-29(35-20-27(32)33)15-6-17-31(18-16-29)28(34)26-10-5-4-9-25(26)23-7-2-1-3-8-23/h1-5,7-14H,6,15-21H2/t29-/m1/s1. The van der Waals surface area contributed by atoms with E-state index in [0.29, 0.717) is 38.2 Å². The number of hydrogen-bond donors (Lipinski definition) is 0. The van der Waals surface area contributed by atoms with Gasteiger partial charge in [0.1, 0.15) is 12.4 Å². The molecule has 0 unspecified atom stereocenters. The lowest BCUT2D eigenvalue weighted by Gasteiger charge is -2.42. The number of morpholine rings is 1. The maximum Gasteiger partial charge on any atom is 0.254 e. The average molecular weight is 473 g/mol. The molecule has 0 aromatic heterocycles. The average Bonchev–Trinajstić information content (AvgIpc) is 3.10. The first-order valence-electron chi connectivity index (χ1n) is 12.1. The predicted molar refractivity (Wildman–Crippen MR) is 132 cm³/mol. The minimum Gasteiger partial charge on any atom is -0.363 e. The smallest absolute Gasteiger partial charge is 0.254 e. The number of amides is 2. The molecule has 5 rings (SSSR count). The van der Waals surface area contributed by atoms with Gasteiger partial charge in [0.25, 0.3) is 5.91 Å². The van der Waals surface area contributed by atoms with E-state index in [1.54, 1.807) is 17.0 Å². The van der Waals surface area contributed by atoms with Crippen molar-refractivity contribution >= 4 is 11.8 Å². The summed E-state index contributed by atoms with van der Waals surface area (Å²) in [6, 6.07) is 24.0. The van der Waals surface area contributed by atoms with Crippen molar-refractivity contribution in [1.82, 2.24) is 9.80 Å². The van der Waals surface area contributed by atoms with E-state index < -0.39 is 5.60 Å². The zero-order valence-electron chi connectivity index (χ0n) is 19.7. The van der Waals surface area contributed by atoms with Gasteiger partial charge in [-0.3, -0.25) is 9.59 Å². The second-order valence-corrected chi connectivity index (χ2v) is 9.41. The summed E-state index contributed by atoms with van der Waals surface area (Å²) in [5.41, 5.74) is 3.07. The normalized spacial score (nSPS) is 20.7. The fourth-order valence-electron chi connectivity index (χ4n) is 5.12. The van der Waals surface area contributed by atoms with Gasteiger partial charge in [0.2, 0.25) is 5.91 Å². The second-order valence-electron chi connectivity index (χ2n) is 9.41. The molecule has 35 heavy (non-hydrogen) atoms. The molecule has 5 nitrogen and oxygen atoms in total. The molecule has 2 heterocycles. The second kappa shape index (κ2) is 10.0. The Morgan fingerprint density at radius 3 is 2.46 bits per heavy atom. The van der Waals surface area contributed by atoms with E-state index in [1.165, 1.54) is 12.1 Å². The third-order valence-corrected chi connectivity index (χ3v) is 7.05. The first-order chi connectivity index (χ1) is 17.0. The number of carbonyl (C=O) groups is 2. The number of benzene rings is 3. The summed E-state index contributed by atoms with van der Waals surface area (Å²) < 4.78 is 19.4. The molecule has 1 spiro atoms. The zero-order chi connectivity index (χ0) is 24.3. The minimum absolute atomic E-state index is 0.0246. The third-order valence-electron chi connectivity index (χ3n) is 7.05. The van der Waals surface area contributed by atoms with Crippen LogP contribution in [-0.4, -0.2) is 53.5 Å². The van der Waals surface area contributed by atoms with Crippen LogP contribution in [-0.2, 0) is 16.1 Å². The first kappa shape index (κ1) is 23.2. The number of carbonyl (C=O) groups excluding carboxylic acids is 2. The van der Waals surface area contributed by atoms with Gasteiger partial charge in [-0.1, -0.05) is 60.7 Å². The molecule has 3 aromatic rings. The van der Waals surface area contributed by atoms with E-state index in [1.807, 2.05) is 59.5 Å². The van der Waals surface area contributed by atoms with Crippen LogP contribution in [0, 0.1) is 5.82 Å². The van der Waals surface area contributed by atoms with Crippen molar-refractivity contribution in [2.45, 2.75) is 31.4 Å². The number of halogens is 1. The van der Waals surface area contributed by atoms with E-state index >= 15 is 0 Å². The summed E-state index contributed by atoms with van der Waals surface area (Å²) in [7, 11) is 0. The lowest BCUT2D eigenvalue weighted by Crippen LogP contribution is -2.54. The zero-order valence-corrected chi connectivity index (χ0v) is 19.7. The van der Waals surface area contributed by atoms with Crippen LogP contribution in [0.25, 0.3) is 11.1 Å². The van der Waals surface area contributed by atoms with Gasteiger partial charge in [-0.2, -0.15) is 0 Å². The van der Waals surface area contributed by atoms with Gasteiger partial charge in [0.05, 0.1) is 12.1 Å². The molecular weight excluding hydrogens is 443 g/mol. The van der Waals surface area contributed by atoms with Gasteiger partial charge >= 0.3 is 0 Å². The van der Waals surface area contributed by atoms with Gasteiger partial charge in [0.15, 0.2) is 0 Å². The van der Waals surface area contributed by atoms with Crippen molar-refractivity contribution in [3.63, 3.8) is 0 Å². The molecule has 1 atom stereocenters. The molecule has 3 aromatic carbocycles. The van der Waals surface area contributed by atoms with Gasteiger partial charge in [0, 0.05) is 25.2 Å². The summed E-state index contributed by atoms with van der Waals surface area (Å²) in [6.07, 6.45) is 2.25. The Balaban J connectivity index is 1.30. The topological polar surface area (TPSA) is 49.9 Å². The summed E-state index contributed by atoms with van der Waals surface area (Å²) in [6.45, 7) is 2.16. The van der Waals surface area contributed by atoms with Crippen molar-refractivity contribution < 1.29 is 18.7 Å². The van der Waals surface area contributed by atoms with Gasteiger partial charge in [-0.25, -0.2) is 4.39 Å². The summed E-state index contributed by atoms with van der Waals surface area (Å²) in [5.74, 6) is -0.327. The lowest BCUT2D eigenvalue weighted by atomic mass is 9.92. The quantitative estimate of drug-likeness (QED) is 0.542. The molecular formula is C29H29FN2O3. The lowest BCUT2D eigenvalue weighted by molar-refractivity contribution is -0.166. The SMILES string of the molecule is O=C1CO[C@@]2(CCCN(C(=O)c3ccccc3-c3ccccc3)CC2)CN1Cc1ccc(F)cc1. The Morgan fingerprint density at radius 2 is 1.66 bits per heavy atom. The summed E-state index contributed by atoms with van der Waals surface area (Å²) >= 11 is 0. The van der Waals surface area contributed by atoms with Crippen molar-refractivity contribution in [3.8, 4) is 11.1 Å². The summed E-state index contributed by atoms with van der Waals surface area (Å²) in [5, 5.41) is 0. The Hall–Kier alpha value is -3.51. The van der Waals surface area contributed by atoms with Crippen LogP contribution >= 0.6 is 0 Å². The molecule has 2 aliphatic rings. The maximum absolute atomic E-state index is 13.6. The van der Waals surface area contributed by atoms with Gasteiger partial charge in [-0.05, 0) is 54.2 Å². The first-order valence-corrected chi connectivity index (χ1v) is 12.1. The highest BCUT2D eigenvalue weighted by Crippen LogP contribution is 2.32. The van der Waals surface area contributed by atoms with E-state index in [2.05, 4.69) is 0 Å². The van der Waals surface area contributed by atoms with Crippen LogP contribution in [0.5, 0.6) is 0 Å². The van der Waals surface area contributed by atoms with E-state index in [0.717, 1.165) is 29.5 Å².